The van der Waals surface area contributed by atoms with E-state index in [9.17, 15) is 0 Å². The molecule has 3 rings (SSSR count). The standard InChI is InChI=1S/C15H16ClN5OS/c1-10(2)7-21-13(17-9-18-21)8-23-15-20-19-14(22-15)11-5-3-4-6-12(11)16/h3-6,9-10H,7-8H2,1-2H3. The quantitative estimate of drug-likeness (QED) is 0.628. The fourth-order valence-electron chi connectivity index (χ4n) is 2.04. The maximum Gasteiger partial charge on any atom is 0.277 e. The highest BCUT2D eigenvalue weighted by atomic mass is 35.5. The summed E-state index contributed by atoms with van der Waals surface area (Å²) in [6, 6.07) is 7.39. The zero-order chi connectivity index (χ0) is 16.2. The van der Waals surface area contributed by atoms with E-state index in [1.807, 2.05) is 22.9 Å². The average molecular weight is 350 g/mol. The van der Waals surface area contributed by atoms with E-state index < -0.39 is 0 Å². The molecule has 0 atom stereocenters. The molecule has 0 amide bonds. The largest absolute Gasteiger partial charge is 0.411 e. The topological polar surface area (TPSA) is 69.6 Å². The predicted octanol–water partition coefficient (Wildman–Crippen LogP) is 3.93. The first-order valence-electron chi connectivity index (χ1n) is 7.21. The second-order valence-corrected chi connectivity index (χ2v) is 6.73. The number of halogens is 1. The lowest BCUT2D eigenvalue weighted by molar-refractivity contribution is 0.462. The zero-order valence-electron chi connectivity index (χ0n) is 12.8. The van der Waals surface area contributed by atoms with E-state index in [4.69, 9.17) is 16.0 Å². The summed E-state index contributed by atoms with van der Waals surface area (Å²) in [6.45, 7) is 5.13. The van der Waals surface area contributed by atoms with Gasteiger partial charge >= 0.3 is 0 Å². The Balaban J connectivity index is 1.69. The van der Waals surface area contributed by atoms with Crippen molar-refractivity contribution in [2.24, 2.45) is 5.92 Å². The molecule has 0 unspecified atom stereocenters. The van der Waals surface area contributed by atoms with Crippen LogP contribution >= 0.6 is 23.4 Å². The van der Waals surface area contributed by atoms with Crippen molar-refractivity contribution in [3.63, 3.8) is 0 Å². The van der Waals surface area contributed by atoms with Crippen LogP contribution in [-0.2, 0) is 12.3 Å². The lowest BCUT2D eigenvalue weighted by atomic mass is 10.2. The predicted molar refractivity (Wildman–Crippen MR) is 89.2 cm³/mol. The van der Waals surface area contributed by atoms with Crippen molar-refractivity contribution in [2.75, 3.05) is 0 Å². The minimum atomic E-state index is 0.418. The van der Waals surface area contributed by atoms with Crippen molar-refractivity contribution in [1.82, 2.24) is 25.0 Å². The SMILES string of the molecule is CC(C)Cn1ncnc1CSc1nnc(-c2ccccc2Cl)o1. The van der Waals surface area contributed by atoms with Gasteiger partial charge in [0.05, 0.1) is 16.3 Å². The number of rotatable bonds is 6. The monoisotopic (exact) mass is 349 g/mol. The van der Waals surface area contributed by atoms with Crippen molar-refractivity contribution >= 4 is 23.4 Å². The van der Waals surface area contributed by atoms with E-state index in [-0.39, 0.29) is 0 Å². The van der Waals surface area contributed by atoms with E-state index >= 15 is 0 Å². The maximum absolute atomic E-state index is 6.14. The molecule has 6 nitrogen and oxygen atoms in total. The van der Waals surface area contributed by atoms with Gasteiger partial charge in [0.25, 0.3) is 5.22 Å². The Morgan fingerprint density at radius 2 is 2.09 bits per heavy atom. The number of aromatic nitrogens is 5. The molecule has 0 saturated carbocycles. The van der Waals surface area contributed by atoms with Gasteiger partial charge in [0.1, 0.15) is 12.2 Å². The summed E-state index contributed by atoms with van der Waals surface area (Å²) >= 11 is 7.57. The van der Waals surface area contributed by atoms with Gasteiger partial charge in [-0.15, -0.1) is 10.2 Å². The summed E-state index contributed by atoms with van der Waals surface area (Å²) in [4.78, 5) is 4.28. The summed E-state index contributed by atoms with van der Waals surface area (Å²) < 4.78 is 7.57. The zero-order valence-corrected chi connectivity index (χ0v) is 14.4. The third kappa shape index (κ3) is 3.92. The van der Waals surface area contributed by atoms with Gasteiger partial charge < -0.3 is 4.42 Å². The molecule has 8 heteroatoms. The van der Waals surface area contributed by atoms with E-state index in [1.54, 1.807) is 12.4 Å². The van der Waals surface area contributed by atoms with E-state index in [0.717, 1.165) is 17.9 Å². The van der Waals surface area contributed by atoms with Crippen molar-refractivity contribution in [3.8, 4) is 11.5 Å². The number of thioether (sulfide) groups is 1. The highest BCUT2D eigenvalue weighted by Crippen LogP contribution is 2.29. The summed E-state index contributed by atoms with van der Waals surface area (Å²) in [5.74, 6) is 2.44. The summed E-state index contributed by atoms with van der Waals surface area (Å²) in [7, 11) is 0. The molecule has 2 heterocycles. The average Bonchev–Trinajstić information content (AvgIpc) is 3.14. The highest BCUT2D eigenvalue weighted by Gasteiger charge is 2.13. The first kappa shape index (κ1) is 16.0. The van der Waals surface area contributed by atoms with Crippen LogP contribution in [0, 0.1) is 5.92 Å². The molecule has 3 aromatic rings. The molecule has 1 aromatic carbocycles. The second-order valence-electron chi connectivity index (χ2n) is 5.39. The van der Waals surface area contributed by atoms with Crippen LogP contribution in [0.25, 0.3) is 11.5 Å². The van der Waals surface area contributed by atoms with Gasteiger partial charge in [-0.25, -0.2) is 9.67 Å². The number of nitrogens with zero attached hydrogens (tertiary/aromatic N) is 5. The maximum atomic E-state index is 6.14. The molecule has 0 saturated heterocycles. The lowest BCUT2D eigenvalue weighted by Gasteiger charge is -2.07. The van der Waals surface area contributed by atoms with Gasteiger partial charge in [0.2, 0.25) is 5.89 Å². The van der Waals surface area contributed by atoms with Crippen LogP contribution in [0.5, 0.6) is 0 Å². The Morgan fingerprint density at radius 3 is 2.87 bits per heavy atom. The van der Waals surface area contributed by atoms with Crippen LogP contribution < -0.4 is 0 Å². The molecule has 2 aromatic heterocycles. The van der Waals surface area contributed by atoms with Crippen molar-refractivity contribution in [1.29, 1.82) is 0 Å². The Bertz CT molecular complexity index is 786. The molecule has 0 bridgehead atoms. The third-order valence-corrected chi connectivity index (χ3v) is 4.21. The van der Waals surface area contributed by atoms with Crippen LogP contribution in [0.3, 0.4) is 0 Å². The molecule has 0 aliphatic carbocycles. The molecule has 120 valence electrons. The van der Waals surface area contributed by atoms with E-state index in [1.165, 1.54) is 11.8 Å². The van der Waals surface area contributed by atoms with E-state index in [2.05, 4.69) is 34.1 Å². The van der Waals surface area contributed by atoms with Crippen molar-refractivity contribution < 1.29 is 4.42 Å². The van der Waals surface area contributed by atoms with E-state index in [0.29, 0.717) is 27.8 Å². The van der Waals surface area contributed by atoms with Crippen molar-refractivity contribution in [2.45, 2.75) is 31.4 Å². The lowest BCUT2D eigenvalue weighted by Crippen LogP contribution is -2.09. The first-order chi connectivity index (χ1) is 11.1. The third-order valence-electron chi connectivity index (χ3n) is 3.07. The molecule has 0 N–H and O–H groups in total. The fourth-order valence-corrected chi connectivity index (χ4v) is 2.97. The highest BCUT2D eigenvalue weighted by molar-refractivity contribution is 7.98. The van der Waals surface area contributed by atoms with Crippen LogP contribution in [0.1, 0.15) is 19.7 Å². The molecule has 0 aliphatic rings. The summed E-state index contributed by atoms with van der Waals surface area (Å²) in [5.41, 5.74) is 0.733. The van der Waals surface area contributed by atoms with Gasteiger partial charge in [0.15, 0.2) is 0 Å². The van der Waals surface area contributed by atoms with Crippen LogP contribution in [0.15, 0.2) is 40.2 Å². The van der Waals surface area contributed by atoms with Crippen LogP contribution in [0.4, 0.5) is 0 Å². The molecular formula is C15H16ClN5OS. The minimum absolute atomic E-state index is 0.418. The summed E-state index contributed by atoms with van der Waals surface area (Å²) in [5, 5.41) is 13.4. The fraction of sp³-hybridized carbons (Fsp3) is 0.333. The van der Waals surface area contributed by atoms with Crippen LogP contribution in [0.2, 0.25) is 5.02 Å². The van der Waals surface area contributed by atoms with Crippen molar-refractivity contribution in [3.05, 3.63) is 41.4 Å². The Kier molecular flexibility index (Phi) is 4.97. The minimum Gasteiger partial charge on any atom is -0.411 e. The number of benzene rings is 1. The van der Waals surface area contributed by atoms with Gasteiger partial charge in [-0.2, -0.15) is 5.10 Å². The first-order valence-corrected chi connectivity index (χ1v) is 8.57. The molecule has 0 spiro atoms. The van der Waals surface area contributed by atoms with Gasteiger partial charge in [-0.3, -0.25) is 0 Å². The number of hydrogen-bond donors (Lipinski definition) is 0. The van der Waals surface area contributed by atoms with Gasteiger partial charge in [-0.05, 0) is 18.1 Å². The molecule has 0 aliphatic heterocycles. The molecule has 0 radical (unpaired) electrons. The molecular weight excluding hydrogens is 334 g/mol. The Morgan fingerprint density at radius 1 is 1.26 bits per heavy atom. The Labute approximate surface area is 143 Å². The smallest absolute Gasteiger partial charge is 0.277 e. The van der Waals surface area contributed by atoms with Gasteiger partial charge in [-0.1, -0.05) is 49.3 Å². The number of hydrogen-bond acceptors (Lipinski definition) is 6. The van der Waals surface area contributed by atoms with Gasteiger partial charge in [0, 0.05) is 6.54 Å². The second kappa shape index (κ2) is 7.14. The van der Waals surface area contributed by atoms with Crippen LogP contribution in [-0.4, -0.2) is 25.0 Å². The summed E-state index contributed by atoms with van der Waals surface area (Å²) in [6.07, 6.45) is 1.57. The molecule has 0 fully saturated rings. The Hall–Kier alpha value is -1.86. The molecule has 23 heavy (non-hydrogen) atoms. The normalized spacial score (nSPS) is 11.3.